The molecule has 110 valence electrons. The lowest BCUT2D eigenvalue weighted by Crippen LogP contribution is -2.40. The van der Waals surface area contributed by atoms with Crippen LogP contribution in [0.25, 0.3) is 11.4 Å². The second-order valence-corrected chi connectivity index (χ2v) is 5.51. The van der Waals surface area contributed by atoms with Crippen molar-refractivity contribution in [3.05, 3.63) is 24.5 Å². The van der Waals surface area contributed by atoms with E-state index in [1.54, 1.807) is 24.5 Å². The summed E-state index contributed by atoms with van der Waals surface area (Å²) in [6.45, 7) is 1.98. The van der Waals surface area contributed by atoms with Gasteiger partial charge in [0, 0.05) is 23.4 Å². The molecule has 2 aromatic heterocycles. The van der Waals surface area contributed by atoms with Crippen molar-refractivity contribution in [1.82, 2.24) is 20.6 Å². The molecule has 1 aliphatic rings. The maximum atomic E-state index is 12.1. The molecule has 1 amide bonds. The van der Waals surface area contributed by atoms with Gasteiger partial charge in [-0.2, -0.15) is 4.98 Å². The van der Waals surface area contributed by atoms with Crippen LogP contribution >= 0.6 is 0 Å². The van der Waals surface area contributed by atoms with E-state index in [1.807, 2.05) is 6.92 Å². The highest BCUT2D eigenvalue weighted by Crippen LogP contribution is 2.37. The Hall–Kier alpha value is -2.44. The monoisotopic (exact) mass is 287 g/mol. The Morgan fingerprint density at radius 1 is 1.29 bits per heavy atom. The van der Waals surface area contributed by atoms with Gasteiger partial charge in [-0.3, -0.25) is 15.2 Å². The van der Waals surface area contributed by atoms with E-state index in [4.69, 9.17) is 4.52 Å². The van der Waals surface area contributed by atoms with Crippen LogP contribution < -0.4 is 10.9 Å². The van der Waals surface area contributed by atoms with Gasteiger partial charge in [0.15, 0.2) is 0 Å². The number of hydrazine groups is 1. The van der Waals surface area contributed by atoms with Crippen LogP contribution in [0.2, 0.25) is 0 Å². The van der Waals surface area contributed by atoms with E-state index in [9.17, 15) is 4.79 Å². The molecule has 0 unspecified atom stereocenters. The number of hydrogen-bond acceptors (Lipinski definition) is 6. The summed E-state index contributed by atoms with van der Waals surface area (Å²) in [4.78, 5) is 20.2. The lowest BCUT2D eigenvalue weighted by Gasteiger charge is -2.21. The molecule has 7 nitrogen and oxygen atoms in total. The average Bonchev–Trinajstić information content (AvgIpc) is 3.15. The van der Waals surface area contributed by atoms with Gasteiger partial charge in [0.05, 0.1) is 0 Å². The number of hydrogen-bond donors (Lipinski definition) is 2. The Morgan fingerprint density at radius 2 is 2.00 bits per heavy atom. The molecule has 0 saturated heterocycles. The normalized spacial score (nSPS) is 16.6. The Balaban J connectivity index is 1.62. The molecule has 0 atom stereocenters. The molecule has 2 aromatic rings. The quantitative estimate of drug-likeness (QED) is 0.837. The van der Waals surface area contributed by atoms with Gasteiger partial charge < -0.3 is 4.52 Å². The van der Waals surface area contributed by atoms with Gasteiger partial charge in [-0.15, -0.1) is 0 Å². The smallest absolute Gasteiger partial charge is 0.313 e. The van der Waals surface area contributed by atoms with Gasteiger partial charge in [-0.25, -0.2) is 5.43 Å². The number of rotatable bonds is 4. The second-order valence-electron chi connectivity index (χ2n) is 5.51. The van der Waals surface area contributed by atoms with Gasteiger partial charge in [0.1, 0.15) is 0 Å². The summed E-state index contributed by atoms with van der Waals surface area (Å²) in [5.41, 5.74) is 5.83. The molecule has 3 rings (SSSR count). The fourth-order valence-corrected chi connectivity index (χ4v) is 2.54. The van der Waals surface area contributed by atoms with Crippen molar-refractivity contribution in [3.63, 3.8) is 0 Å². The minimum Gasteiger partial charge on any atom is -0.313 e. The number of nitrogens with zero attached hydrogens (tertiary/aromatic N) is 3. The first-order valence-electron chi connectivity index (χ1n) is 6.98. The number of carbonyl (C=O) groups excluding carboxylic acids is 1. The van der Waals surface area contributed by atoms with Gasteiger partial charge in [-0.05, 0) is 25.0 Å². The van der Waals surface area contributed by atoms with E-state index < -0.39 is 0 Å². The first kappa shape index (κ1) is 13.5. The molecule has 2 N–H and O–H groups in total. The van der Waals surface area contributed by atoms with Crippen molar-refractivity contribution in [2.24, 2.45) is 5.41 Å². The number of aromatic nitrogens is 3. The van der Waals surface area contributed by atoms with Crippen LogP contribution in [0.15, 0.2) is 29.0 Å². The molecule has 0 aromatic carbocycles. The molecule has 0 radical (unpaired) electrons. The Morgan fingerprint density at radius 3 is 2.71 bits per heavy atom. The largest absolute Gasteiger partial charge is 0.340 e. The topological polar surface area (TPSA) is 92.9 Å². The molecule has 1 saturated carbocycles. The van der Waals surface area contributed by atoms with Crippen molar-refractivity contribution in [3.8, 4) is 11.4 Å². The van der Waals surface area contributed by atoms with E-state index in [0.717, 1.165) is 31.2 Å². The summed E-state index contributed by atoms with van der Waals surface area (Å²) in [5.74, 6) is 0.407. The molecule has 0 aliphatic heterocycles. The second kappa shape index (κ2) is 5.51. The number of carbonyl (C=O) groups is 1. The molecule has 0 bridgehead atoms. The highest BCUT2D eigenvalue weighted by atomic mass is 16.5. The zero-order chi connectivity index (χ0) is 14.7. The summed E-state index contributed by atoms with van der Waals surface area (Å²) in [5, 5.41) is 3.85. The van der Waals surface area contributed by atoms with Crippen LogP contribution in [-0.2, 0) is 4.79 Å². The van der Waals surface area contributed by atoms with Crippen LogP contribution in [0.5, 0.6) is 0 Å². The van der Waals surface area contributed by atoms with Crippen molar-refractivity contribution >= 4 is 11.9 Å². The lowest BCUT2D eigenvalue weighted by atomic mass is 9.88. The Bertz CT molecular complexity index is 619. The van der Waals surface area contributed by atoms with E-state index in [-0.39, 0.29) is 17.3 Å². The van der Waals surface area contributed by atoms with Gasteiger partial charge in [0.25, 0.3) is 0 Å². The number of anilines is 1. The maximum absolute atomic E-state index is 12.1. The van der Waals surface area contributed by atoms with Gasteiger partial charge in [-0.1, -0.05) is 24.9 Å². The molecule has 1 fully saturated rings. The average molecular weight is 287 g/mol. The van der Waals surface area contributed by atoms with Crippen LogP contribution in [0.4, 0.5) is 6.01 Å². The summed E-state index contributed by atoms with van der Waals surface area (Å²) < 4.78 is 5.06. The predicted molar refractivity (Wildman–Crippen MR) is 75.9 cm³/mol. The summed E-state index contributed by atoms with van der Waals surface area (Å²) in [6, 6.07) is 3.73. The SMILES string of the molecule is CC1(C(=O)NNc2nc(-c3ccncc3)no2)CCCC1. The van der Waals surface area contributed by atoms with Crippen LogP contribution in [0.1, 0.15) is 32.6 Å². The molecule has 2 heterocycles. The van der Waals surface area contributed by atoms with Crippen LogP contribution in [0.3, 0.4) is 0 Å². The number of nitrogens with one attached hydrogen (secondary N) is 2. The van der Waals surface area contributed by atoms with Crippen LogP contribution in [-0.4, -0.2) is 21.0 Å². The van der Waals surface area contributed by atoms with Crippen molar-refractivity contribution in [2.45, 2.75) is 32.6 Å². The molecular weight excluding hydrogens is 270 g/mol. The summed E-state index contributed by atoms with van der Waals surface area (Å²) in [6.07, 6.45) is 7.32. The molecular formula is C14H17N5O2. The highest BCUT2D eigenvalue weighted by Gasteiger charge is 2.36. The van der Waals surface area contributed by atoms with E-state index in [2.05, 4.69) is 26.0 Å². The third-order valence-corrected chi connectivity index (χ3v) is 3.90. The first-order valence-corrected chi connectivity index (χ1v) is 6.98. The summed E-state index contributed by atoms with van der Waals surface area (Å²) in [7, 11) is 0. The molecule has 7 heteroatoms. The standard InChI is InChI=1S/C14H17N5O2/c1-14(6-2-3-7-14)12(20)17-18-13-16-11(19-21-13)10-4-8-15-9-5-10/h4-5,8-9H,2-3,6-7H2,1H3,(H,17,20)(H,16,18,19). The Labute approximate surface area is 122 Å². The third kappa shape index (κ3) is 2.86. The number of amides is 1. The van der Waals surface area contributed by atoms with Crippen LogP contribution in [0, 0.1) is 5.41 Å². The van der Waals surface area contributed by atoms with Gasteiger partial charge in [0.2, 0.25) is 11.7 Å². The third-order valence-electron chi connectivity index (χ3n) is 3.90. The number of pyridine rings is 1. The maximum Gasteiger partial charge on any atom is 0.340 e. The zero-order valence-corrected chi connectivity index (χ0v) is 11.8. The van der Waals surface area contributed by atoms with Crippen molar-refractivity contribution in [2.75, 3.05) is 5.43 Å². The molecule has 21 heavy (non-hydrogen) atoms. The minimum absolute atomic E-state index is 0.0383. The first-order chi connectivity index (χ1) is 10.2. The summed E-state index contributed by atoms with van der Waals surface area (Å²) >= 11 is 0. The lowest BCUT2D eigenvalue weighted by molar-refractivity contribution is -0.129. The van der Waals surface area contributed by atoms with Crippen molar-refractivity contribution in [1.29, 1.82) is 0 Å². The fourth-order valence-electron chi connectivity index (χ4n) is 2.54. The zero-order valence-electron chi connectivity index (χ0n) is 11.8. The van der Waals surface area contributed by atoms with E-state index >= 15 is 0 Å². The molecule has 0 spiro atoms. The van der Waals surface area contributed by atoms with E-state index in [1.165, 1.54) is 0 Å². The molecule has 1 aliphatic carbocycles. The highest BCUT2D eigenvalue weighted by molar-refractivity contribution is 5.83. The minimum atomic E-state index is -0.305. The predicted octanol–water partition coefficient (Wildman–Crippen LogP) is 2.16. The van der Waals surface area contributed by atoms with Crippen molar-refractivity contribution < 1.29 is 9.32 Å². The fraction of sp³-hybridized carbons (Fsp3) is 0.429. The Kier molecular flexibility index (Phi) is 3.55. The van der Waals surface area contributed by atoms with Gasteiger partial charge >= 0.3 is 6.01 Å². The van der Waals surface area contributed by atoms with E-state index in [0.29, 0.717) is 5.82 Å².